The Hall–Kier alpha value is -2.64. The maximum absolute atomic E-state index is 12.6. The standard InChI is InChI=1S/C21H26N2O6/c1-13(29-19(24)12-28-18-4-2-17(3-5-18)23(26)27)20(25)22-21-9-14-6-15(10-21)8-16(7-14)11-21/h2-5,13-16H,6-12H2,1H3,(H,22,25)/t13-,14?,15?,16?,21?/m1/s1. The third-order valence-corrected chi connectivity index (χ3v) is 6.51. The molecule has 29 heavy (non-hydrogen) atoms. The molecule has 4 fully saturated rings. The quantitative estimate of drug-likeness (QED) is 0.427. The van der Waals surface area contributed by atoms with Crippen LogP contribution in [0, 0.1) is 27.9 Å². The van der Waals surface area contributed by atoms with E-state index in [1.807, 2.05) is 0 Å². The molecule has 0 radical (unpaired) electrons. The maximum atomic E-state index is 12.6. The summed E-state index contributed by atoms with van der Waals surface area (Å²) in [6.45, 7) is 1.20. The van der Waals surface area contributed by atoms with Crippen LogP contribution in [0.15, 0.2) is 24.3 Å². The van der Waals surface area contributed by atoms with Gasteiger partial charge in [-0.05, 0) is 75.3 Å². The Morgan fingerprint density at radius 2 is 1.69 bits per heavy atom. The predicted molar refractivity (Wildman–Crippen MR) is 103 cm³/mol. The number of hydrogen-bond acceptors (Lipinski definition) is 6. The molecule has 0 unspecified atom stereocenters. The van der Waals surface area contributed by atoms with Crippen LogP contribution in [0.3, 0.4) is 0 Å². The van der Waals surface area contributed by atoms with E-state index in [9.17, 15) is 19.7 Å². The first-order valence-corrected chi connectivity index (χ1v) is 10.2. The molecule has 1 aromatic rings. The van der Waals surface area contributed by atoms with Gasteiger partial charge in [-0.15, -0.1) is 0 Å². The van der Waals surface area contributed by atoms with Gasteiger partial charge in [0.2, 0.25) is 0 Å². The number of carbonyl (C=O) groups is 2. The highest BCUT2D eigenvalue weighted by atomic mass is 16.6. The molecule has 1 amide bonds. The van der Waals surface area contributed by atoms with Gasteiger partial charge >= 0.3 is 5.97 Å². The van der Waals surface area contributed by atoms with E-state index in [0.29, 0.717) is 5.75 Å². The average Bonchev–Trinajstić information content (AvgIpc) is 2.65. The Kier molecular flexibility index (Phi) is 5.19. The van der Waals surface area contributed by atoms with Crippen LogP contribution in [0.1, 0.15) is 45.4 Å². The second-order valence-electron chi connectivity index (χ2n) is 8.86. The number of nitrogens with one attached hydrogen (secondary N) is 1. The van der Waals surface area contributed by atoms with Crippen molar-refractivity contribution in [2.24, 2.45) is 17.8 Å². The highest BCUT2D eigenvalue weighted by Gasteiger charge is 2.51. The molecule has 8 nitrogen and oxygen atoms in total. The van der Waals surface area contributed by atoms with Gasteiger partial charge in [-0.2, -0.15) is 0 Å². The molecule has 0 aromatic heterocycles. The third kappa shape index (κ3) is 4.36. The van der Waals surface area contributed by atoms with E-state index >= 15 is 0 Å². The summed E-state index contributed by atoms with van der Waals surface area (Å²) >= 11 is 0. The summed E-state index contributed by atoms with van der Waals surface area (Å²) in [5.41, 5.74) is -0.184. The SMILES string of the molecule is C[C@@H](OC(=O)COc1ccc([N+](=O)[O-])cc1)C(=O)NC12CC3CC(CC(C3)C1)C2. The van der Waals surface area contributed by atoms with Crippen molar-refractivity contribution in [1.82, 2.24) is 5.32 Å². The molecule has 0 aliphatic heterocycles. The average molecular weight is 402 g/mol. The lowest BCUT2D eigenvalue weighted by Crippen LogP contribution is -2.61. The molecule has 1 aromatic carbocycles. The van der Waals surface area contributed by atoms with Gasteiger partial charge in [0.1, 0.15) is 5.75 Å². The number of rotatable bonds is 7. The summed E-state index contributed by atoms with van der Waals surface area (Å²) in [6, 6.07) is 5.41. The number of nitrogens with zero attached hydrogens (tertiary/aromatic N) is 1. The number of hydrogen-bond donors (Lipinski definition) is 1. The fourth-order valence-corrected chi connectivity index (χ4v) is 5.72. The van der Waals surface area contributed by atoms with E-state index in [1.165, 1.54) is 43.5 Å². The minimum absolute atomic E-state index is 0.0603. The van der Waals surface area contributed by atoms with Crippen molar-refractivity contribution in [1.29, 1.82) is 0 Å². The Morgan fingerprint density at radius 1 is 1.14 bits per heavy atom. The molecule has 4 bridgehead atoms. The highest BCUT2D eigenvalue weighted by Crippen LogP contribution is 2.55. The monoisotopic (exact) mass is 402 g/mol. The minimum Gasteiger partial charge on any atom is -0.482 e. The molecule has 1 atom stereocenters. The van der Waals surface area contributed by atoms with Gasteiger partial charge in [-0.1, -0.05) is 0 Å². The smallest absolute Gasteiger partial charge is 0.344 e. The van der Waals surface area contributed by atoms with Crippen molar-refractivity contribution in [3.05, 3.63) is 34.4 Å². The van der Waals surface area contributed by atoms with Crippen molar-refractivity contribution in [3.63, 3.8) is 0 Å². The van der Waals surface area contributed by atoms with Crippen LogP contribution in [0.4, 0.5) is 5.69 Å². The van der Waals surface area contributed by atoms with E-state index < -0.39 is 17.0 Å². The number of amides is 1. The van der Waals surface area contributed by atoms with Crippen LogP contribution in [-0.2, 0) is 14.3 Å². The lowest BCUT2D eigenvalue weighted by Gasteiger charge is -2.57. The number of nitro groups is 1. The van der Waals surface area contributed by atoms with Crippen molar-refractivity contribution >= 4 is 17.6 Å². The molecule has 0 spiro atoms. The van der Waals surface area contributed by atoms with Crippen LogP contribution < -0.4 is 10.1 Å². The number of benzene rings is 1. The molecular weight excluding hydrogens is 376 g/mol. The fourth-order valence-electron chi connectivity index (χ4n) is 5.72. The van der Waals surface area contributed by atoms with E-state index in [-0.39, 0.29) is 23.7 Å². The number of nitro benzene ring substituents is 1. The molecule has 4 aliphatic carbocycles. The summed E-state index contributed by atoms with van der Waals surface area (Å²) in [6.07, 6.45) is 6.09. The van der Waals surface area contributed by atoms with E-state index in [2.05, 4.69) is 5.32 Å². The van der Waals surface area contributed by atoms with Gasteiger partial charge in [-0.3, -0.25) is 14.9 Å². The molecule has 0 saturated heterocycles. The zero-order valence-electron chi connectivity index (χ0n) is 16.5. The van der Waals surface area contributed by atoms with Gasteiger partial charge < -0.3 is 14.8 Å². The van der Waals surface area contributed by atoms with E-state index in [4.69, 9.17) is 9.47 Å². The van der Waals surface area contributed by atoms with Crippen molar-refractivity contribution < 1.29 is 24.0 Å². The zero-order valence-corrected chi connectivity index (χ0v) is 16.5. The maximum Gasteiger partial charge on any atom is 0.344 e. The first-order chi connectivity index (χ1) is 13.8. The van der Waals surface area contributed by atoms with Crippen LogP contribution in [0.5, 0.6) is 5.75 Å². The summed E-state index contributed by atoms with van der Waals surface area (Å²) < 4.78 is 10.5. The molecule has 8 heteroatoms. The Balaban J connectivity index is 1.25. The molecule has 1 N–H and O–H groups in total. The van der Waals surface area contributed by atoms with Crippen LogP contribution in [0.2, 0.25) is 0 Å². The Morgan fingerprint density at radius 3 is 2.21 bits per heavy atom. The molecule has 4 saturated carbocycles. The van der Waals surface area contributed by atoms with Crippen molar-refractivity contribution in [2.75, 3.05) is 6.61 Å². The summed E-state index contributed by atoms with van der Waals surface area (Å²) in [5.74, 6) is 1.56. The second kappa shape index (κ2) is 7.65. The number of carbonyl (C=O) groups excluding carboxylic acids is 2. The van der Waals surface area contributed by atoms with E-state index in [0.717, 1.165) is 37.0 Å². The van der Waals surface area contributed by atoms with Gasteiger partial charge in [-0.25, -0.2) is 4.79 Å². The van der Waals surface area contributed by atoms with Crippen molar-refractivity contribution in [3.8, 4) is 5.75 Å². The normalized spacial score (nSPS) is 30.4. The van der Waals surface area contributed by atoms with E-state index in [1.54, 1.807) is 6.92 Å². The number of non-ortho nitro benzene ring substituents is 1. The molecule has 5 rings (SSSR count). The van der Waals surface area contributed by atoms with Crippen molar-refractivity contribution in [2.45, 2.75) is 57.1 Å². The van der Waals surface area contributed by atoms with Gasteiger partial charge in [0.25, 0.3) is 11.6 Å². The minimum atomic E-state index is -0.893. The molecule has 0 heterocycles. The molecule has 4 aliphatic rings. The summed E-state index contributed by atoms with van der Waals surface area (Å²) in [7, 11) is 0. The first-order valence-electron chi connectivity index (χ1n) is 10.2. The summed E-state index contributed by atoms with van der Waals surface area (Å²) in [5, 5.41) is 13.8. The van der Waals surface area contributed by atoms with Crippen LogP contribution in [-0.4, -0.2) is 35.0 Å². The number of ether oxygens (including phenoxy) is 2. The van der Waals surface area contributed by atoms with Crippen LogP contribution in [0.25, 0.3) is 0 Å². The molecule has 156 valence electrons. The van der Waals surface area contributed by atoms with Gasteiger partial charge in [0.05, 0.1) is 4.92 Å². The Labute approximate surface area is 169 Å². The largest absolute Gasteiger partial charge is 0.482 e. The fraction of sp³-hybridized carbons (Fsp3) is 0.619. The first kappa shape index (κ1) is 19.7. The lowest BCUT2D eigenvalue weighted by molar-refractivity contribution is -0.384. The van der Waals surface area contributed by atoms with Gasteiger partial charge in [0.15, 0.2) is 12.7 Å². The van der Waals surface area contributed by atoms with Crippen LogP contribution >= 0.6 is 0 Å². The zero-order chi connectivity index (χ0) is 20.6. The Bertz CT molecular complexity index is 771. The van der Waals surface area contributed by atoms with Gasteiger partial charge in [0, 0.05) is 17.7 Å². The predicted octanol–water partition coefficient (Wildman–Crippen LogP) is 2.99. The summed E-state index contributed by atoms with van der Waals surface area (Å²) in [4.78, 5) is 34.8. The second-order valence-corrected chi connectivity index (χ2v) is 8.86. The number of esters is 1. The topological polar surface area (TPSA) is 108 Å². The highest BCUT2D eigenvalue weighted by molar-refractivity contribution is 5.84. The molecular formula is C21H26N2O6. The lowest BCUT2D eigenvalue weighted by atomic mass is 9.53. The third-order valence-electron chi connectivity index (χ3n) is 6.51.